The van der Waals surface area contributed by atoms with Gasteiger partial charge in [0.25, 0.3) is 5.79 Å². The van der Waals surface area contributed by atoms with Gasteiger partial charge in [-0.3, -0.25) is 9.59 Å². The molecule has 0 unspecified atom stereocenters. The second-order valence-electron chi connectivity index (χ2n) is 7.25. The first kappa shape index (κ1) is 29.5. The average Bonchev–Trinajstić information content (AvgIpc) is 2.61. The van der Waals surface area contributed by atoms with Gasteiger partial charge in [0, 0.05) is 17.9 Å². The maximum atomic E-state index is 11.5. The Hall–Kier alpha value is -0.720. The molecule has 166 valence electrons. The predicted molar refractivity (Wildman–Crippen MR) is 110 cm³/mol. The van der Waals surface area contributed by atoms with Crippen LogP contribution >= 0.6 is 8.25 Å². The fourth-order valence-electron chi connectivity index (χ4n) is 2.85. The monoisotopic (exact) mass is 423 g/mol. The number of Topliss-reactive ketones (excluding diaryl/α,β-unsaturated/α-hetero) is 2. The number of hydrogen-bond donors (Lipinski definition) is 4. The minimum absolute atomic E-state index is 0.0601. The number of carbonyl (C=O) groups is 2. The van der Waals surface area contributed by atoms with Crippen LogP contribution in [0.4, 0.5) is 0 Å². The van der Waals surface area contributed by atoms with E-state index in [1.807, 2.05) is 0 Å². The third kappa shape index (κ3) is 20.0. The Morgan fingerprint density at radius 3 is 1.29 bits per heavy atom. The van der Waals surface area contributed by atoms with Crippen LogP contribution in [0.3, 0.4) is 0 Å². The molecule has 0 spiro atoms. The molecule has 8 heteroatoms. The summed E-state index contributed by atoms with van der Waals surface area (Å²) in [6, 6.07) is 0. The second kappa shape index (κ2) is 19.6. The van der Waals surface area contributed by atoms with Gasteiger partial charge in [0.2, 0.25) is 0 Å². The highest BCUT2D eigenvalue weighted by Gasteiger charge is 2.37. The quantitative estimate of drug-likeness (QED) is 0.118. The molecule has 0 saturated carbocycles. The van der Waals surface area contributed by atoms with Crippen molar-refractivity contribution in [1.29, 1.82) is 0 Å². The SMILES string of the molecule is CCCCCCCCCCCCCCCCC(=O)C(O)(O)C(C)=O.O=[P+](O)O. The van der Waals surface area contributed by atoms with Gasteiger partial charge >= 0.3 is 8.25 Å². The van der Waals surface area contributed by atoms with E-state index in [1.54, 1.807) is 0 Å². The Balaban J connectivity index is 0. The van der Waals surface area contributed by atoms with Crippen LogP contribution in [0, 0.1) is 0 Å². The number of aliphatic hydroxyl groups is 2. The molecular formula is C20H40O7P+. The molecule has 0 atom stereocenters. The van der Waals surface area contributed by atoms with Gasteiger partial charge in [0.05, 0.1) is 0 Å². The average molecular weight is 424 g/mol. The molecule has 0 aromatic rings. The predicted octanol–water partition coefficient (Wildman–Crippen LogP) is 4.33. The summed E-state index contributed by atoms with van der Waals surface area (Å²) in [6.45, 7) is 3.26. The molecule has 0 aliphatic carbocycles. The van der Waals surface area contributed by atoms with E-state index in [1.165, 1.54) is 70.6 Å². The van der Waals surface area contributed by atoms with Crippen molar-refractivity contribution in [2.75, 3.05) is 0 Å². The van der Waals surface area contributed by atoms with Crippen molar-refractivity contribution in [2.24, 2.45) is 0 Å². The Morgan fingerprint density at radius 1 is 0.714 bits per heavy atom. The lowest BCUT2D eigenvalue weighted by Crippen LogP contribution is -2.45. The van der Waals surface area contributed by atoms with E-state index >= 15 is 0 Å². The zero-order chi connectivity index (χ0) is 21.8. The zero-order valence-electron chi connectivity index (χ0n) is 17.6. The molecule has 0 aromatic carbocycles. The van der Waals surface area contributed by atoms with Crippen molar-refractivity contribution in [3.05, 3.63) is 0 Å². The lowest BCUT2D eigenvalue weighted by atomic mass is 10.0. The highest BCUT2D eigenvalue weighted by atomic mass is 31.1. The van der Waals surface area contributed by atoms with Crippen LogP contribution in [-0.4, -0.2) is 37.4 Å². The molecule has 0 rings (SSSR count). The molecular weight excluding hydrogens is 383 g/mol. The molecule has 7 nitrogen and oxygen atoms in total. The van der Waals surface area contributed by atoms with Gasteiger partial charge in [-0.05, 0) is 6.42 Å². The van der Waals surface area contributed by atoms with Crippen LogP contribution in [0.2, 0.25) is 0 Å². The largest absolute Gasteiger partial charge is 0.692 e. The molecule has 28 heavy (non-hydrogen) atoms. The lowest BCUT2D eigenvalue weighted by Gasteiger charge is -2.16. The number of rotatable bonds is 17. The first-order valence-electron chi connectivity index (χ1n) is 10.5. The van der Waals surface area contributed by atoms with Crippen LogP contribution < -0.4 is 0 Å². The van der Waals surface area contributed by atoms with Crippen LogP contribution in [0.5, 0.6) is 0 Å². The van der Waals surface area contributed by atoms with E-state index in [2.05, 4.69) is 6.92 Å². The number of ketones is 2. The highest BCUT2D eigenvalue weighted by molar-refractivity contribution is 7.30. The van der Waals surface area contributed by atoms with Crippen LogP contribution in [0.15, 0.2) is 0 Å². The molecule has 0 saturated heterocycles. The summed E-state index contributed by atoms with van der Waals surface area (Å²) in [7, 11) is -2.87. The van der Waals surface area contributed by atoms with E-state index in [9.17, 15) is 19.8 Å². The van der Waals surface area contributed by atoms with E-state index in [0.717, 1.165) is 19.8 Å². The van der Waals surface area contributed by atoms with Crippen molar-refractivity contribution < 1.29 is 34.2 Å². The van der Waals surface area contributed by atoms with Crippen molar-refractivity contribution >= 4 is 19.8 Å². The standard InChI is InChI=1S/C20H38O4.HO3P/c1-3-4-5-6-7-8-9-10-11-12-13-14-15-16-17-19(22)20(23,24)18(2)21;1-4(2)3/h23-24H,3-17H2,1-2H3;(H-,1,2,3)/p+1. The van der Waals surface area contributed by atoms with Gasteiger partial charge in [0.15, 0.2) is 11.6 Å². The van der Waals surface area contributed by atoms with Gasteiger partial charge < -0.3 is 10.2 Å². The van der Waals surface area contributed by atoms with Gasteiger partial charge in [-0.15, -0.1) is 9.79 Å². The molecule has 0 aliphatic heterocycles. The smallest absolute Gasteiger partial charge is 0.354 e. The Labute approximate surface area is 170 Å². The van der Waals surface area contributed by atoms with Crippen LogP contribution in [0.1, 0.15) is 110 Å². The maximum Gasteiger partial charge on any atom is 0.692 e. The van der Waals surface area contributed by atoms with Crippen molar-refractivity contribution in [3.63, 3.8) is 0 Å². The number of carbonyl (C=O) groups excluding carboxylic acids is 2. The number of hydrogen-bond acceptors (Lipinski definition) is 5. The highest BCUT2D eigenvalue weighted by Crippen LogP contribution is 2.14. The third-order valence-electron chi connectivity index (χ3n) is 4.64. The van der Waals surface area contributed by atoms with Gasteiger partial charge in [-0.1, -0.05) is 90.4 Å². The summed E-state index contributed by atoms with van der Waals surface area (Å²) in [5, 5.41) is 18.6. The Kier molecular flexibility index (Phi) is 20.6. The first-order chi connectivity index (χ1) is 13.2. The molecule has 0 heterocycles. The molecule has 0 radical (unpaired) electrons. The molecule has 4 N–H and O–H groups in total. The third-order valence-corrected chi connectivity index (χ3v) is 4.64. The first-order valence-corrected chi connectivity index (χ1v) is 11.7. The van der Waals surface area contributed by atoms with Crippen molar-refractivity contribution in [2.45, 2.75) is 116 Å². The summed E-state index contributed by atoms with van der Waals surface area (Å²) in [4.78, 5) is 36.7. The zero-order valence-corrected chi connectivity index (χ0v) is 18.5. The van der Waals surface area contributed by atoms with E-state index in [0.29, 0.717) is 6.42 Å². The van der Waals surface area contributed by atoms with Crippen LogP contribution in [0.25, 0.3) is 0 Å². The van der Waals surface area contributed by atoms with Gasteiger partial charge in [-0.2, -0.15) is 0 Å². The van der Waals surface area contributed by atoms with Gasteiger partial charge in [0.1, 0.15) is 0 Å². The van der Waals surface area contributed by atoms with Crippen molar-refractivity contribution in [3.8, 4) is 0 Å². The molecule has 0 bridgehead atoms. The minimum atomic E-state index is -2.87. The lowest BCUT2D eigenvalue weighted by molar-refractivity contribution is -0.187. The fourth-order valence-corrected chi connectivity index (χ4v) is 2.85. The van der Waals surface area contributed by atoms with E-state index < -0.39 is 25.6 Å². The molecule has 0 aliphatic rings. The molecule has 0 amide bonds. The summed E-state index contributed by atoms with van der Waals surface area (Å²) in [6.07, 6.45) is 17.2. The number of unbranched alkanes of at least 4 members (excludes halogenated alkanes) is 13. The summed E-state index contributed by atoms with van der Waals surface area (Å²) < 4.78 is 8.70. The summed E-state index contributed by atoms with van der Waals surface area (Å²) in [5.41, 5.74) is 0. The molecule has 0 aromatic heterocycles. The molecule has 0 fully saturated rings. The second-order valence-corrected chi connectivity index (χ2v) is 7.76. The Bertz CT molecular complexity index is 421. The summed E-state index contributed by atoms with van der Waals surface area (Å²) in [5.74, 6) is -4.47. The normalized spacial score (nSPS) is 10.9. The van der Waals surface area contributed by atoms with Crippen molar-refractivity contribution in [1.82, 2.24) is 0 Å². The minimum Gasteiger partial charge on any atom is -0.354 e. The maximum absolute atomic E-state index is 11.5. The summed E-state index contributed by atoms with van der Waals surface area (Å²) >= 11 is 0. The van der Waals surface area contributed by atoms with Gasteiger partial charge in [-0.25, -0.2) is 0 Å². The van der Waals surface area contributed by atoms with E-state index in [-0.39, 0.29) is 6.42 Å². The fraction of sp³-hybridized carbons (Fsp3) is 0.900. The Morgan fingerprint density at radius 2 is 1.00 bits per heavy atom. The topological polar surface area (TPSA) is 132 Å². The van der Waals surface area contributed by atoms with E-state index in [4.69, 9.17) is 14.4 Å². The van der Waals surface area contributed by atoms with Crippen LogP contribution in [-0.2, 0) is 14.2 Å².